The lowest BCUT2D eigenvalue weighted by Gasteiger charge is -2.24. The number of esters is 1. The Hall–Kier alpha value is -1.48. The summed E-state index contributed by atoms with van der Waals surface area (Å²) in [5, 5.41) is 19.2. The predicted octanol–water partition coefficient (Wildman–Crippen LogP) is 6.64. The first-order valence-electron chi connectivity index (χ1n) is 15.9. The number of aliphatic hydroxyl groups is 1. The SMILES string of the molecule is CCCCCCCC/C=C\CCCCCCCCCCCC(=O)OCC(O)COC(OCC[N+](C)(C)C)C(=O)O. The molecule has 8 nitrogen and oxygen atoms in total. The van der Waals surface area contributed by atoms with Crippen LogP contribution >= 0.6 is 0 Å². The lowest BCUT2D eigenvalue weighted by Crippen LogP contribution is -2.40. The van der Waals surface area contributed by atoms with Crippen molar-refractivity contribution in [3.63, 3.8) is 0 Å². The van der Waals surface area contributed by atoms with Crippen LogP contribution in [0.2, 0.25) is 0 Å². The maximum absolute atomic E-state index is 11.9. The number of carboxylic acids is 1. The lowest BCUT2D eigenvalue weighted by atomic mass is 10.1. The van der Waals surface area contributed by atoms with Gasteiger partial charge in [0.2, 0.25) is 0 Å². The minimum atomic E-state index is -1.46. The summed E-state index contributed by atoms with van der Waals surface area (Å²) in [5.41, 5.74) is 0. The average Bonchev–Trinajstić information content (AvgIpc) is 2.89. The highest BCUT2D eigenvalue weighted by Gasteiger charge is 2.22. The van der Waals surface area contributed by atoms with Crippen LogP contribution in [0.5, 0.6) is 0 Å². The van der Waals surface area contributed by atoms with Crippen LogP contribution in [-0.4, -0.2) is 86.5 Å². The Balaban J connectivity index is 3.56. The zero-order valence-corrected chi connectivity index (χ0v) is 26.2. The van der Waals surface area contributed by atoms with Crippen LogP contribution < -0.4 is 0 Å². The van der Waals surface area contributed by atoms with Crippen molar-refractivity contribution in [2.75, 3.05) is 47.5 Å². The second-order valence-corrected chi connectivity index (χ2v) is 12.0. The van der Waals surface area contributed by atoms with Crippen molar-refractivity contribution in [3.8, 4) is 0 Å². The van der Waals surface area contributed by atoms with Gasteiger partial charge in [-0.2, -0.15) is 0 Å². The number of aliphatic carboxylic acids is 1. The zero-order chi connectivity index (χ0) is 29.9. The molecule has 0 rings (SSSR count). The molecule has 0 aromatic carbocycles. The Morgan fingerprint density at radius 2 is 1.23 bits per heavy atom. The highest BCUT2D eigenvalue weighted by molar-refractivity contribution is 5.70. The number of nitrogens with zero attached hydrogens (tertiary/aromatic N) is 1. The van der Waals surface area contributed by atoms with Gasteiger partial charge in [-0.3, -0.25) is 4.79 Å². The number of hydrogen-bond acceptors (Lipinski definition) is 6. The second-order valence-electron chi connectivity index (χ2n) is 12.0. The van der Waals surface area contributed by atoms with E-state index in [-0.39, 0.29) is 25.8 Å². The number of aliphatic hydroxyl groups excluding tert-OH is 1. The Morgan fingerprint density at radius 3 is 1.73 bits per heavy atom. The number of carbonyl (C=O) groups is 2. The summed E-state index contributed by atoms with van der Waals surface area (Å²) in [6, 6.07) is 0. The van der Waals surface area contributed by atoms with Crippen molar-refractivity contribution in [1.29, 1.82) is 0 Å². The lowest BCUT2D eigenvalue weighted by molar-refractivity contribution is -0.870. The molecule has 2 N–H and O–H groups in total. The molecule has 236 valence electrons. The number of hydrogen-bond donors (Lipinski definition) is 2. The normalized spacial score (nSPS) is 13.5. The topological polar surface area (TPSA) is 102 Å². The predicted molar refractivity (Wildman–Crippen MR) is 161 cm³/mol. The molecule has 0 aromatic rings. The van der Waals surface area contributed by atoms with Gasteiger partial charge >= 0.3 is 11.9 Å². The number of rotatable bonds is 29. The molecule has 0 radical (unpaired) electrons. The fourth-order valence-electron chi connectivity index (χ4n) is 4.18. The first-order valence-corrected chi connectivity index (χ1v) is 15.9. The highest BCUT2D eigenvalue weighted by atomic mass is 16.7. The summed E-state index contributed by atoms with van der Waals surface area (Å²) in [6.07, 6.45) is 23.7. The fraction of sp³-hybridized carbons (Fsp3) is 0.875. The van der Waals surface area contributed by atoms with Gasteiger partial charge < -0.3 is 28.9 Å². The Morgan fingerprint density at radius 1 is 0.725 bits per heavy atom. The smallest absolute Gasteiger partial charge is 0.361 e. The van der Waals surface area contributed by atoms with Gasteiger partial charge in [0, 0.05) is 6.42 Å². The molecule has 0 aliphatic rings. The van der Waals surface area contributed by atoms with E-state index in [1.165, 1.54) is 89.9 Å². The van der Waals surface area contributed by atoms with Crippen molar-refractivity contribution in [2.24, 2.45) is 0 Å². The third-order valence-corrected chi connectivity index (χ3v) is 6.75. The van der Waals surface area contributed by atoms with Gasteiger partial charge in [-0.05, 0) is 32.1 Å². The minimum Gasteiger partial charge on any atom is -0.477 e. The molecule has 0 amide bonds. The molecule has 0 heterocycles. The van der Waals surface area contributed by atoms with Crippen molar-refractivity contribution >= 4 is 11.9 Å². The highest BCUT2D eigenvalue weighted by Crippen LogP contribution is 2.13. The third-order valence-electron chi connectivity index (χ3n) is 6.75. The van der Waals surface area contributed by atoms with Crippen LogP contribution in [0.25, 0.3) is 0 Å². The van der Waals surface area contributed by atoms with Crippen molar-refractivity contribution in [1.82, 2.24) is 0 Å². The van der Waals surface area contributed by atoms with Gasteiger partial charge in [-0.1, -0.05) is 96.1 Å². The average molecular weight is 573 g/mol. The molecule has 8 heteroatoms. The van der Waals surface area contributed by atoms with Gasteiger partial charge in [0.05, 0.1) is 34.4 Å². The van der Waals surface area contributed by atoms with Gasteiger partial charge in [-0.25, -0.2) is 4.79 Å². The summed E-state index contributed by atoms with van der Waals surface area (Å²) >= 11 is 0. The summed E-state index contributed by atoms with van der Waals surface area (Å²) < 4.78 is 16.1. The number of carbonyl (C=O) groups excluding carboxylic acids is 1. The largest absolute Gasteiger partial charge is 0.477 e. The summed E-state index contributed by atoms with van der Waals surface area (Å²) in [6.45, 7) is 2.58. The molecule has 0 saturated heterocycles. The van der Waals surface area contributed by atoms with E-state index in [1.807, 2.05) is 21.1 Å². The van der Waals surface area contributed by atoms with E-state index < -0.39 is 18.4 Å². The first-order chi connectivity index (χ1) is 19.2. The van der Waals surface area contributed by atoms with E-state index in [9.17, 15) is 19.8 Å². The molecule has 2 unspecified atom stereocenters. The first kappa shape index (κ1) is 38.5. The molecule has 0 aromatic heterocycles. The van der Waals surface area contributed by atoms with Gasteiger partial charge in [0.1, 0.15) is 19.3 Å². The summed E-state index contributed by atoms with van der Waals surface area (Å²) in [7, 11) is 5.91. The van der Waals surface area contributed by atoms with Crippen LogP contribution in [0.15, 0.2) is 12.2 Å². The number of ether oxygens (including phenoxy) is 3. The van der Waals surface area contributed by atoms with E-state index in [1.54, 1.807) is 0 Å². The van der Waals surface area contributed by atoms with Gasteiger partial charge in [0.15, 0.2) is 0 Å². The Labute approximate surface area is 245 Å². The maximum Gasteiger partial charge on any atom is 0.361 e. The van der Waals surface area contributed by atoms with Crippen LogP contribution in [0.1, 0.15) is 122 Å². The van der Waals surface area contributed by atoms with Crippen LogP contribution in [0.4, 0.5) is 0 Å². The number of unbranched alkanes of at least 4 members (excludes halogenated alkanes) is 15. The zero-order valence-electron chi connectivity index (χ0n) is 26.2. The van der Waals surface area contributed by atoms with Crippen molar-refractivity contribution in [3.05, 3.63) is 12.2 Å². The molecule has 0 fully saturated rings. The molecule has 0 saturated carbocycles. The summed E-state index contributed by atoms with van der Waals surface area (Å²) in [5.74, 6) is -1.61. The summed E-state index contributed by atoms with van der Waals surface area (Å²) in [4.78, 5) is 23.2. The van der Waals surface area contributed by atoms with Gasteiger partial charge in [-0.15, -0.1) is 0 Å². The molecule has 0 aliphatic carbocycles. The van der Waals surface area contributed by atoms with Crippen molar-refractivity contribution in [2.45, 2.75) is 135 Å². The van der Waals surface area contributed by atoms with Crippen LogP contribution in [0, 0.1) is 0 Å². The number of likely N-dealkylation sites (N-methyl/N-ethyl adjacent to an activating group) is 1. The molecule has 2 atom stereocenters. The number of quaternary nitrogens is 1. The molecule has 0 spiro atoms. The molecular weight excluding hydrogens is 510 g/mol. The molecule has 0 aliphatic heterocycles. The Bertz CT molecular complexity index is 633. The number of carboxylic acid groups (broad SMARTS) is 1. The third kappa shape index (κ3) is 28.1. The van der Waals surface area contributed by atoms with Crippen LogP contribution in [0.3, 0.4) is 0 Å². The van der Waals surface area contributed by atoms with E-state index >= 15 is 0 Å². The minimum absolute atomic E-state index is 0.211. The second kappa shape index (κ2) is 26.4. The maximum atomic E-state index is 11.9. The molecule has 40 heavy (non-hydrogen) atoms. The van der Waals surface area contributed by atoms with E-state index in [2.05, 4.69) is 19.1 Å². The van der Waals surface area contributed by atoms with Gasteiger partial charge in [0.25, 0.3) is 6.29 Å². The fourth-order valence-corrected chi connectivity index (χ4v) is 4.18. The monoisotopic (exact) mass is 572 g/mol. The molecule has 0 bridgehead atoms. The van der Waals surface area contributed by atoms with E-state index in [4.69, 9.17) is 14.2 Å². The van der Waals surface area contributed by atoms with E-state index in [0.717, 1.165) is 19.3 Å². The standard InChI is InChI=1S/C32H61NO7/c1-5-6-7-8-9-10-11-12-13-14-15-16-17-18-19-20-21-22-23-24-30(35)39-27-29(34)28-40-32(31(36)37)38-26-25-33(2,3)4/h12-13,29,32,34H,5-11,14-28H2,1-4H3/p+1/b13-12-. The van der Waals surface area contributed by atoms with Crippen molar-refractivity contribution < 1.29 is 38.5 Å². The quantitative estimate of drug-likeness (QED) is 0.0341. The molecular formula is C32H62NO7+. The van der Waals surface area contributed by atoms with E-state index in [0.29, 0.717) is 17.4 Å². The Kier molecular flexibility index (Phi) is 25.4. The van der Waals surface area contributed by atoms with Crippen LogP contribution in [-0.2, 0) is 23.8 Å². The number of allylic oxidation sites excluding steroid dienone is 2.